The van der Waals surface area contributed by atoms with Crippen molar-refractivity contribution in [3.63, 3.8) is 0 Å². The first-order valence-electron chi connectivity index (χ1n) is 7.80. The third kappa shape index (κ3) is 2.82. The zero-order valence-corrected chi connectivity index (χ0v) is 13.1. The Morgan fingerprint density at radius 1 is 0.917 bits per heavy atom. The van der Waals surface area contributed by atoms with E-state index in [1.54, 1.807) is 0 Å². The maximum absolute atomic E-state index is 5.92. The van der Waals surface area contributed by atoms with Crippen LogP contribution in [0.2, 0.25) is 0 Å². The second-order valence-electron chi connectivity index (χ2n) is 5.68. The van der Waals surface area contributed by atoms with E-state index in [0.717, 1.165) is 39.2 Å². The number of nitrogens with one attached hydrogen (secondary N) is 1. The second-order valence-corrected chi connectivity index (χ2v) is 5.68. The molecule has 3 aromatic carbocycles. The van der Waals surface area contributed by atoms with Crippen molar-refractivity contribution in [2.45, 2.75) is 6.61 Å². The van der Waals surface area contributed by atoms with Gasteiger partial charge in [-0.05, 0) is 35.9 Å². The summed E-state index contributed by atoms with van der Waals surface area (Å²) in [5, 5.41) is 8.53. The van der Waals surface area contributed by atoms with Crippen LogP contribution in [0.1, 0.15) is 5.56 Å². The van der Waals surface area contributed by atoms with E-state index >= 15 is 0 Å². The van der Waals surface area contributed by atoms with Gasteiger partial charge in [0.1, 0.15) is 18.1 Å². The Kier molecular flexibility index (Phi) is 3.63. The molecule has 4 heteroatoms. The van der Waals surface area contributed by atoms with Crippen LogP contribution in [0.25, 0.3) is 22.2 Å². The molecule has 0 bridgehead atoms. The van der Waals surface area contributed by atoms with Gasteiger partial charge in [0.2, 0.25) is 0 Å². The number of nitrogen functional groups attached to an aromatic ring is 1. The van der Waals surface area contributed by atoms with Gasteiger partial charge in [0.25, 0.3) is 0 Å². The lowest BCUT2D eigenvalue weighted by molar-refractivity contribution is 0.306. The maximum Gasteiger partial charge on any atom is 0.120 e. The number of nitrogens with zero attached hydrogens (tertiary/aromatic N) is 1. The van der Waals surface area contributed by atoms with Gasteiger partial charge in [-0.15, -0.1) is 0 Å². The standard InChI is InChI=1S/C20H17N3O/c21-16-8-6-15(7-9-16)20-18-12-17(10-11-19(18)22-23-20)24-13-14-4-2-1-3-5-14/h1-12H,13,21H2,(H,22,23). The lowest BCUT2D eigenvalue weighted by Crippen LogP contribution is -1.94. The van der Waals surface area contributed by atoms with Gasteiger partial charge in [0, 0.05) is 16.6 Å². The molecule has 0 aliphatic heterocycles. The van der Waals surface area contributed by atoms with Crippen LogP contribution < -0.4 is 10.5 Å². The van der Waals surface area contributed by atoms with Crippen LogP contribution in [-0.2, 0) is 6.61 Å². The molecule has 0 radical (unpaired) electrons. The molecule has 0 unspecified atom stereocenters. The third-order valence-electron chi connectivity index (χ3n) is 3.97. The quantitative estimate of drug-likeness (QED) is 0.549. The molecule has 0 aliphatic rings. The number of ether oxygens (including phenoxy) is 1. The summed E-state index contributed by atoms with van der Waals surface area (Å²) in [6, 6.07) is 23.8. The molecule has 0 aliphatic carbocycles. The summed E-state index contributed by atoms with van der Waals surface area (Å²) in [7, 11) is 0. The average Bonchev–Trinajstić information content (AvgIpc) is 3.05. The van der Waals surface area contributed by atoms with Crippen LogP contribution in [0.4, 0.5) is 5.69 Å². The largest absolute Gasteiger partial charge is 0.489 e. The molecule has 0 amide bonds. The van der Waals surface area contributed by atoms with E-state index in [9.17, 15) is 0 Å². The molecule has 118 valence electrons. The summed E-state index contributed by atoms with van der Waals surface area (Å²) in [4.78, 5) is 0. The maximum atomic E-state index is 5.92. The van der Waals surface area contributed by atoms with Crippen LogP contribution in [0.3, 0.4) is 0 Å². The molecule has 0 saturated heterocycles. The third-order valence-corrected chi connectivity index (χ3v) is 3.97. The van der Waals surface area contributed by atoms with Crippen molar-refractivity contribution in [3.8, 4) is 17.0 Å². The fourth-order valence-electron chi connectivity index (χ4n) is 2.68. The lowest BCUT2D eigenvalue weighted by Gasteiger charge is -2.06. The Hall–Kier alpha value is -3.27. The van der Waals surface area contributed by atoms with Crippen molar-refractivity contribution in [2.24, 2.45) is 0 Å². The summed E-state index contributed by atoms with van der Waals surface area (Å²) in [6.45, 7) is 0.543. The number of benzene rings is 3. The first-order chi connectivity index (χ1) is 11.8. The normalized spacial score (nSPS) is 10.8. The minimum Gasteiger partial charge on any atom is -0.489 e. The molecular formula is C20H17N3O. The highest BCUT2D eigenvalue weighted by molar-refractivity contribution is 5.93. The van der Waals surface area contributed by atoms with E-state index in [0.29, 0.717) is 6.61 Å². The van der Waals surface area contributed by atoms with E-state index in [1.807, 2.05) is 60.7 Å². The van der Waals surface area contributed by atoms with Crippen molar-refractivity contribution in [2.75, 3.05) is 5.73 Å². The molecular weight excluding hydrogens is 298 g/mol. The molecule has 3 N–H and O–H groups in total. The molecule has 24 heavy (non-hydrogen) atoms. The van der Waals surface area contributed by atoms with Crippen LogP contribution in [-0.4, -0.2) is 10.2 Å². The summed E-state index contributed by atoms with van der Waals surface area (Å²) < 4.78 is 5.92. The van der Waals surface area contributed by atoms with E-state index in [4.69, 9.17) is 10.5 Å². The number of aromatic nitrogens is 2. The van der Waals surface area contributed by atoms with Crippen LogP contribution >= 0.6 is 0 Å². The molecule has 4 rings (SSSR count). The number of hydrogen-bond donors (Lipinski definition) is 2. The van der Waals surface area contributed by atoms with Gasteiger partial charge in [0.15, 0.2) is 0 Å². The van der Waals surface area contributed by atoms with Gasteiger partial charge in [-0.1, -0.05) is 42.5 Å². The fraction of sp³-hybridized carbons (Fsp3) is 0.0500. The highest BCUT2D eigenvalue weighted by Crippen LogP contribution is 2.29. The molecule has 0 fully saturated rings. The fourth-order valence-corrected chi connectivity index (χ4v) is 2.68. The average molecular weight is 315 g/mol. The summed E-state index contributed by atoms with van der Waals surface area (Å²) in [5.41, 5.74) is 10.5. The molecule has 4 aromatic rings. The minimum atomic E-state index is 0.543. The Labute approximate surface area is 139 Å². The van der Waals surface area contributed by atoms with Crippen molar-refractivity contribution in [3.05, 3.63) is 78.4 Å². The number of rotatable bonds is 4. The zero-order valence-electron chi connectivity index (χ0n) is 13.1. The zero-order chi connectivity index (χ0) is 16.4. The smallest absolute Gasteiger partial charge is 0.120 e. The van der Waals surface area contributed by atoms with Gasteiger partial charge >= 0.3 is 0 Å². The van der Waals surface area contributed by atoms with Crippen molar-refractivity contribution < 1.29 is 4.74 Å². The van der Waals surface area contributed by atoms with Gasteiger partial charge in [-0.25, -0.2) is 0 Å². The number of fused-ring (bicyclic) bond motifs is 1. The SMILES string of the molecule is Nc1ccc(-c2n[nH]c3ccc(OCc4ccccc4)cc23)cc1. The molecule has 4 nitrogen and oxygen atoms in total. The predicted molar refractivity (Wildman–Crippen MR) is 96.7 cm³/mol. The summed E-state index contributed by atoms with van der Waals surface area (Å²) in [5.74, 6) is 0.824. The lowest BCUT2D eigenvalue weighted by atomic mass is 10.1. The van der Waals surface area contributed by atoms with Crippen molar-refractivity contribution in [1.82, 2.24) is 10.2 Å². The van der Waals surface area contributed by atoms with E-state index in [1.165, 1.54) is 0 Å². The number of hydrogen-bond acceptors (Lipinski definition) is 3. The Bertz CT molecular complexity index is 959. The number of anilines is 1. The van der Waals surface area contributed by atoms with Gasteiger partial charge in [-0.3, -0.25) is 5.10 Å². The molecule has 0 spiro atoms. The second kappa shape index (κ2) is 6.08. The predicted octanol–water partition coefficient (Wildman–Crippen LogP) is 4.39. The molecule has 1 heterocycles. The van der Waals surface area contributed by atoms with E-state index in [-0.39, 0.29) is 0 Å². The highest BCUT2D eigenvalue weighted by Gasteiger charge is 2.09. The van der Waals surface area contributed by atoms with Crippen LogP contribution in [0, 0.1) is 0 Å². The summed E-state index contributed by atoms with van der Waals surface area (Å²) >= 11 is 0. The Morgan fingerprint density at radius 3 is 2.50 bits per heavy atom. The minimum absolute atomic E-state index is 0.543. The number of nitrogens with two attached hydrogens (primary N) is 1. The van der Waals surface area contributed by atoms with E-state index in [2.05, 4.69) is 22.3 Å². The molecule has 0 atom stereocenters. The van der Waals surface area contributed by atoms with Gasteiger partial charge in [-0.2, -0.15) is 5.10 Å². The molecule has 1 aromatic heterocycles. The van der Waals surface area contributed by atoms with Gasteiger partial charge < -0.3 is 10.5 Å². The highest BCUT2D eigenvalue weighted by atomic mass is 16.5. The topological polar surface area (TPSA) is 63.9 Å². The van der Waals surface area contributed by atoms with Crippen molar-refractivity contribution >= 4 is 16.6 Å². The van der Waals surface area contributed by atoms with E-state index < -0.39 is 0 Å². The van der Waals surface area contributed by atoms with Crippen LogP contribution in [0.15, 0.2) is 72.8 Å². The summed E-state index contributed by atoms with van der Waals surface area (Å²) in [6.07, 6.45) is 0. The number of H-pyrrole nitrogens is 1. The first kappa shape index (κ1) is 14.3. The first-order valence-corrected chi connectivity index (χ1v) is 7.80. The van der Waals surface area contributed by atoms with Crippen molar-refractivity contribution in [1.29, 1.82) is 0 Å². The molecule has 0 saturated carbocycles. The van der Waals surface area contributed by atoms with Gasteiger partial charge in [0.05, 0.1) is 5.52 Å². The monoisotopic (exact) mass is 315 g/mol. The van der Waals surface area contributed by atoms with Crippen LogP contribution in [0.5, 0.6) is 5.75 Å². The Morgan fingerprint density at radius 2 is 1.71 bits per heavy atom. The number of aromatic amines is 1. The Balaban J connectivity index is 1.64.